The summed E-state index contributed by atoms with van der Waals surface area (Å²) in [4.78, 5) is 76.5. The Kier molecular flexibility index (Phi) is 12.7. The summed E-state index contributed by atoms with van der Waals surface area (Å²) in [5.41, 5.74) is 2.62. The third-order valence-electron chi connectivity index (χ3n) is 15.2. The van der Waals surface area contributed by atoms with Gasteiger partial charge in [-0.15, -0.1) is 13.2 Å². The zero-order valence-electron chi connectivity index (χ0n) is 39.7. The van der Waals surface area contributed by atoms with Crippen molar-refractivity contribution < 1.29 is 51.0 Å². The van der Waals surface area contributed by atoms with E-state index in [9.17, 15) is 41.5 Å². The first-order valence-corrected chi connectivity index (χ1v) is 24.7. The van der Waals surface area contributed by atoms with Crippen molar-refractivity contribution in [1.29, 1.82) is 0 Å². The fourth-order valence-corrected chi connectivity index (χ4v) is 11.2. The molecule has 4 aromatic carbocycles. The van der Waals surface area contributed by atoms with Crippen LogP contribution in [-0.4, -0.2) is 120 Å². The molecule has 7 aliphatic rings. The van der Waals surface area contributed by atoms with Crippen LogP contribution in [0.2, 0.25) is 0 Å². The van der Waals surface area contributed by atoms with Gasteiger partial charge in [0, 0.05) is 105 Å². The Morgan fingerprint density at radius 2 is 1.51 bits per heavy atom. The summed E-state index contributed by atoms with van der Waals surface area (Å²) in [6.45, 7) is 5.87. The first-order valence-electron chi connectivity index (χ1n) is 24.7. The summed E-state index contributed by atoms with van der Waals surface area (Å²) < 4.78 is 66.1. The number of halogens is 4. The highest BCUT2D eigenvalue weighted by molar-refractivity contribution is 6.17. The van der Waals surface area contributed by atoms with Crippen LogP contribution >= 0.6 is 0 Å². The smallest absolute Gasteiger partial charge is 0.457 e. The van der Waals surface area contributed by atoms with Crippen LogP contribution in [0.25, 0.3) is 10.9 Å². The first kappa shape index (κ1) is 48.0. The number of rotatable bonds is 15. The standard InChI is InChI=1S/C53H53F4N9O7/c54-33-1-3-34(4-2-33)60-50(70)52(16-17-52)51(71)61-35-5-8-39(9-6-35)72-45-13-18-59-42-26-44(46(25-41(42)45)73-53(55,56)57)64-20-14-31(15-21-64)27-63-29-37-24-38(30-63)65(37)22-19-58-36-7-10-40-32(23-36)28-66(49(40)69)43-11-12-47(67)62-48(43)68/h1-10,13,18,23,25-26,31,37-38,43,58H,11-12,14-17,19-22,24,27-30H2,(H,60,70)(H,61,71)(H,62,67,68). The van der Waals surface area contributed by atoms with Gasteiger partial charge in [0.2, 0.25) is 23.6 Å². The molecule has 5 saturated heterocycles. The number of carbonyl (C=O) groups is 5. The molecule has 12 rings (SSSR count). The fourth-order valence-electron chi connectivity index (χ4n) is 11.2. The van der Waals surface area contributed by atoms with E-state index in [-0.39, 0.29) is 29.7 Å². The van der Waals surface area contributed by atoms with E-state index in [0.717, 1.165) is 63.2 Å². The zero-order chi connectivity index (χ0) is 50.6. The van der Waals surface area contributed by atoms with Gasteiger partial charge in [0.1, 0.15) is 28.8 Å². The molecule has 380 valence electrons. The number of ether oxygens (including phenoxy) is 2. The van der Waals surface area contributed by atoms with Crippen molar-refractivity contribution in [3.05, 3.63) is 108 Å². The van der Waals surface area contributed by atoms with Gasteiger partial charge in [0.05, 0.1) is 11.2 Å². The largest absolute Gasteiger partial charge is 0.573 e. The Balaban J connectivity index is 0.663. The second-order valence-corrected chi connectivity index (χ2v) is 19.9. The quantitative estimate of drug-likeness (QED) is 0.0470. The summed E-state index contributed by atoms with van der Waals surface area (Å²) in [5.74, 6) is -1.71. The predicted octanol–water partition coefficient (Wildman–Crippen LogP) is 7.27. The molecule has 16 nitrogen and oxygen atoms in total. The van der Waals surface area contributed by atoms with E-state index in [0.29, 0.717) is 96.2 Å². The molecule has 5 amide bonds. The van der Waals surface area contributed by atoms with Crippen molar-refractivity contribution >= 4 is 63.2 Å². The molecule has 73 heavy (non-hydrogen) atoms. The Morgan fingerprint density at radius 1 is 0.822 bits per heavy atom. The number of piperidine rings is 3. The molecule has 4 N–H and O–H groups in total. The molecule has 0 radical (unpaired) electrons. The van der Waals surface area contributed by atoms with Crippen molar-refractivity contribution in [2.24, 2.45) is 11.3 Å². The Morgan fingerprint density at radius 3 is 2.18 bits per heavy atom. The molecule has 3 atom stereocenters. The highest BCUT2D eigenvalue weighted by Gasteiger charge is 2.56. The number of piperazine rings is 1. The third-order valence-corrected chi connectivity index (χ3v) is 15.2. The molecule has 20 heteroatoms. The molecule has 6 aliphatic heterocycles. The van der Waals surface area contributed by atoms with E-state index < -0.39 is 41.4 Å². The fraction of sp³-hybridized carbons (Fsp3) is 0.396. The lowest BCUT2D eigenvalue weighted by Gasteiger charge is -2.57. The van der Waals surface area contributed by atoms with Gasteiger partial charge in [-0.1, -0.05) is 0 Å². The Hall–Kier alpha value is -7.32. The van der Waals surface area contributed by atoms with E-state index >= 15 is 0 Å². The van der Waals surface area contributed by atoms with Crippen molar-refractivity contribution in [3.8, 4) is 17.2 Å². The second kappa shape index (κ2) is 19.3. The van der Waals surface area contributed by atoms with E-state index in [1.165, 1.54) is 36.5 Å². The number of amides is 5. The summed E-state index contributed by atoms with van der Waals surface area (Å²) >= 11 is 0. The summed E-state index contributed by atoms with van der Waals surface area (Å²) in [7, 11) is 0. The van der Waals surface area contributed by atoms with Crippen LogP contribution in [0.1, 0.15) is 60.9 Å². The molecule has 5 aromatic rings. The average Bonchev–Trinajstić information content (AvgIpc) is 4.13. The van der Waals surface area contributed by atoms with E-state index in [1.807, 2.05) is 17.0 Å². The van der Waals surface area contributed by atoms with Crippen LogP contribution in [0, 0.1) is 17.2 Å². The summed E-state index contributed by atoms with van der Waals surface area (Å²) in [6, 6.07) is 22.1. The van der Waals surface area contributed by atoms with Gasteiger partial charge in [-0.2, -0.15) is 0 Å². The van der Waals surface area contributed by atoms with Gasteiger partial charge >= 0.3 is 6.36 Å². The number of nitrogens with zero attached hydrogens (tertiary/aromatic N) is 5. The number of hydrogen-bond acceptors (Lipinski definition) is 12. The van der Waals surface area contributed by atoms with Crippen LogP contribution < -0.4 is 35.6 Å². The number of hydrogen-bond donors (Lipinski definition) is 4. The van der Waals surface area contributed by atoms with Crippen LogP contribution in [0.15, 0.2) is 91.1 Å². The number of alkyl halides is 3. The topological polar surface area (TPSA) is 178 Å². The van der Waals surface area contributed by atoms with Gasteiger partial charge < -0.3 is 35.2 Å². The van der Waals surface area contributed by atoms with Crippen LogP contribution in [0.5, 0.6) is 17.2 Å². The number of nitrogens with one attached hydrogen (secondary N) is 4. The predicted molar refractivity (Wildman–Crippen MR) is 262 cm³/mol. The van der Waals surface area contributed by atoms with Crippen LogP contribution in [-0.2, 0) is 25.7 Å². The lowest BCUT2D eigenvalue weighted by atomic mass is 9.86. The SMILES string of the molecule is O=C1CCC(N2Cc3cc(NCCN4C5CC4CN(CC4CCN(c6cc7nccc(Oc8ccc(NC(=O)C9(C(=O)Nc%10ccc(F)cc%10)CC9)cc8)c7cc6OC(F)(F)F)CC4)C5)ccc3C2=O)C(=O)N1. The Bertz CT molecular complexity index is 2970. The molecule has 3 unspecified atom stereocenters. The maximum atomic E-state index is 14.0. The number of carbonyl (C=O) groups excluding carboxylic acids is 5. The molecular formula is C53H53F4N9O7. The van der Waals surface area contributed by atoms with Gasteiger partial charge in [0.25, 0.3) is 5.91 Å². The van der Waals surface area contributed by atoms with E-state index in [2.05, 4.69) is 40.8 Å². The maximum absolute atomic E-state index is 14.0. The minimum absolute atomic E-state index is 0.192. The van der Waals surface area contributed by atoms with Crippen molar-refractivity contribution in [1.82, 2.24) is 25.0 Å². The highest BCUT2D eigenvalue weighted by atomic mass is 19.4. The number of fused-ring (bicyclic) bond motifs is 4. The van der Waals surface area contributed by atoms with Crippen molar-refractivity contribution in [2.45, 2.75) is 76.0 Å². The molecule has 2 bridgehead atoms. The van der Waals surface area contributed by atoms with Crippen LogP contribution in [0.4, 0.5) is 40.3 Å². The lowest BCUT2D eigenvalue weighted by Crippen LogP contribution is -2.69. The normalized spacial score (nSPS) is 21.8. The molecule has 0 spiro atoms. The average molecular weight is 1000 g/mol. The molecule has 6 fully saturated rings. The third kappa shape index (κ3) is 10.1. The number of imide groups is 1. The number of aromatic nitrogens is 1. The first-order chi connectivity index (χ1) is 35.1. The monoisotopic (exact) mass is 1000 g/mol. The molecule has 1 aromatic heterocycles. The van der Waals surface area contributed by atoms with E-state index in [4.69, 9.17) is 4.74 Å². The zero-order valence-corrected chi connectivity index (χ0v) is 39.7. The molecular weight excluding hydrogens is 951 g/mol. The molecule has 1 aliphatic carbocycles. The van der Waals surface area contributed by atoms with E-state index in [1.54, 1.807) is 47.4 Å². The molecule has 7 heterocycles. The summed E-state index contributed by atoms with van der Waals surface area (Å²) in [5, 5.41) is 11.6. The molecule has 1 saturated carbocycles. The van der Waals surface area contributed by atoms with Crippen LogP contribution in [0.3, 0.4) is 0 Å². The summed E-state index contributed by atoms with van der Waals surface area (Å²) in [6.07, 6.45) is 0.578. The van der Waals surface area contributed by atoms with Gasteiger partial charge in [0.15, 0.2) is 5.75 Å². The minimum Gasteiger partial charge on any atom is -0.457 e. The lowest BCUT2D eigenvalue weighted by molar-refractivity contribution is -0.274. The van der Waals surface area contributed by atoms with Gasteiger partial charge in [-0.3, -0.25) is 44.1 Å². The van der Waals surface area contributed by atoms with Gasteiger partial charge in [-0.25, -0.2) is 4.39 Å². The Labute approximate surface area is 417 Å². The van der Waals surface area contributed by atoms with Gasteiger partial charge in [-0.05, 0) is 135 Å². The van der Waals surface area contributed by atoms with Crippen molar-refractivity contribution in [2.75, 3.05) is 66.7 Å². The second-order valence-electron chi connectivity index (χ2n) is 19.9. The maximum Gasteiger partial charge on any atom is 0.573 e. The highest BCUT2D eigenvalue weighted by Crippen LogP contribution is 2.48. The van der Waals surface area contributed by atoms with Crippen molar-refractivity contribution in [3.63, 3.8) is 0 Å². The number of pyridine rings is 1. The number of anilines is 4. The number of benzene rings is 4. The minimum atomic E-state index is -4.95.